The van der Waals surface area contributed by atoms with Crippen molar-refractivity contribution in [3.63, 3.8) is 0 Å². The SMILES string of the molecule is NCc1ccc(NC(=O)[C@H]2CCCN2C(=O)[C@@H]2CCCN2C(=O)CC(c2ccccc2)(c2ccccc2)c2ccccc2)cc1.O=C(O)C(F)(F)F. The number of nitrogens with two attached hydrogens (primary N) is 1. The number of likely N-dealkylation sites (tertiary alicyclic amines) is 2. The molecular formula is C40H41F3N4O5. The van der Waals surface area contributed by atoms with Crippen molar-refractivity contribution in [1.29, 1.82) is 0 Å². The number of halogens is 3. The fourth-order valence-corrected chi connectivity index (χ4v) is 7.07. The highest BCUT2D eigenvalue weighted by atomic mass is 19.4. The van der Waals surface area contributed by atoms with Crippen molar-refractivity contribution in [3.8, 4) is 0 Å². The van der Waals surface area contributed by atoms with Gasteiger partial charge in [-0.1, -0.05) is 103 Å². The Bertz CT molecular complexity index is 1730. The lowest BCUT2D eigenvalue weighted by molar-refractivity contribution is -0.192. The molecule has 2 heterocycles. The number of alkyl halides is 3. The summed E-state index contributed by atoms with van der Waals surface area (Å²) in [6.45, 7) is 1.45. The summed E-state index contributed by atoms with van der Waals surface area (Å²) in [6, 6.07) is 36.8. The number of hydrogen-bond acceptors (Lipinski definition) is 5. The molecule has 12 heteroatoms. The molecule has 0 unspecified atom stereocenters. The highest BCUT2D eigenvalue weighted by molar-refractivity contribution is 5.99. The second-order valence-electron chi connectivity index (χ2n) is 12.8. The van der Waals surface area contributed by atoms with Gasteiger partial charge in [0, 0.05) is 31.7 Å². The van der Waals surface area contributed by atoms with Crippen LogP contribution in [0.25, 0.3) is 0 Å². The van der Waals surface area contributed by atoms with Crippen LogP contribution in [0.1, 0.15) is 54.4 Å². The molecule has 6 rings (SSSR count). The molecule has 0 aliphatic carbocycles. The van der Waals surface area contributed by atoms with Crippen molar-refractivity contribution >= 4 is 29.4 Å². The molecule has 9 nitrogen and oxygen atoms in total. The van der Waals surface area contributed by atoms with Crippen LogP contribution >= 0.6 is 0 Å². The van der Waals surface area contributed by atoms with Gasteiger partial charge in [-0.25, -0.2) is 4.79 Å². The Balaban J connectivity index is 0.000000679. The minimum Gasteiger partial charge on any atom is -0.475 e. The average molecular weight is 715 g/mol. The molecule has 2 aliphatic heterocycles. The third kappa shape index (κ3) is 8.51. The van der Waals surface area contributed by atoms with Gasteiger partial charge in [0.15, 0.2) is 0 Å². The number of nitrogens with zero attached hydrogens (tertiary/aromatic N) is 2. The summed E-state index contributed by atoms with van der Waals surface area (Å²) in [5.74, 6) is -3.16. The summed E-state index contributed by atoms with van der Waals surface area (Å²) < 4.78 is 31.7. The van der Waals surface area contributed by atoms with Crippen LogP contribution < -0.4 is 11.1 Å². The number of carbonyl (C=O) groups excluding carboxylic acids is 3. The third-order valence-corrected chi connectivity index (χ3v) is 9.61. The highest BCUT2D eigenvalue weighted by Crippen LogP contribution is 2.43. The molecule has 0 bridgehead atoms. The molecule has 3 amide bonds. The van der Waals surface area contributed by atoms with Crippen LogP contribution in [0.15, 0.2) is 115 Å². The summed E-state index contributed by atoms with van der Waals surface area (Å²) in [6.07, 6.45) is -2.23. The van der Waals surface area contributed by atoms with Crippen LogP contribution in [0.5, 0.6) is 0 Å². The van der Waals surface area contributed by atoms with Crippen LogP contribution in [0, 0.1) is 0 Å². The fraction of sp³-hybridized carbons (Fsp3) is 0.300. The van der Waals surface area contributed by atoms with Crippen molar-refractivity contribution in [2.24, 2.45) is 5.73 Å². The largest absolute Gasteiger partial charge is 0.490 e. The molecule has 2 saturated heterocycles. The van der Waals surface area contributed by atoms with Crippen LogP contribution in [0.2, 0.25) is 0 Å². The molecule has 0 aromatic heterocycles. The van der Waals surface area contributed by atoms with E-state index in [1.54, 1.807) is 9.80 Å². The summed E-state index contributed by atoms with van der Waals surface area (Å²) in [5, 5.41) is 10.1. The van der Waals surface area contributed by atoms with E-state index >= 15 is 0 Å². The lowest BCUT2D eigenvalue weighted by atomic mass is 9.67. The van der Waals surface area contributed by atoms with Gasteiger partial charge in [-0.05, 0) is 60.1 Å². The number of carboxylic acid groups (broad SMARTS) is 1. The normalized spacial score (nSPS) is 17.2. The number of hydrogen-bond donors (Lipinski definition) is 3. The van der Waals surface area contributed by atoms with E-state index in [0.717, 1.165) is 35.1 Å². The zero-order valence-corrected chi connectivity index (χ0v) is 28.5. The Morgan fingerprint density at radius 2 is 1.13 bits per heavy atom. The molecule has 4 aromatic rings. The van der Waals surface area contributed by atoms with Gasteiger partial charge in [0.25, 0.3) is 0 Å². The number of nitrogens with one attached hydrogen (secondary N) is 1. The van der Waals surface area contributed by atoms with Crippen molar-refractivity contribution in [1.82, 2.24) is 9.80 Å². The fourth-order valence-electron chi connectivity index (χ4n) is 7.07. The Kier molecular flexibility index (Phi) is 12.1. The first-order valence-corrected chi connectivity index (χ1v) is 17.1. The van der Waals surface area contributed by atoms with E-state index in [-0.39, 0.29) is 24.1 Å². The molecular weight excluding hydrogens is 673 g/mol. The zero-order valence-electron chi connectivity index (χ0n) is 28.5. The summed E-state index contributed by atoms with van der Waals surface area (Å²) in [7, 11) is 0. The van der Waals surface area contributed by atoms with Gasteiger partial charge >= 0.3 is 12.1 Å². The maximum Gasteiger partial charge on any atom is 0.490 e. The smallest absolute Gasteiger partial charge is 0.475 e. The van der Waals surface area contributed by atoms with Crippen molar-refractivity contribution in [3.05, 3.63) is 138 Å². The quantitative estimate of drug-likeness (QED) is 0.179. The maximum absolute atomic E-state index is 14.5. The van der Waals surface area contributed by atoms with Gasteiger partial charge in [-0.3, -0.25) is 14.4 Å². The number of aliphatic carboxylic acids is 1. The Morgan fingerprint density at radius 3 is 1.58 bits per heavy atom. The molecule has 2 fully saturated rings. The summed E-state index contributed by atoms with van der Waals surface area (Å²) in [5.41, 5.74) is 9.68. The lowest BCUT2D eigenvalue weighted by Gasteiger charge is -2.38. The number of anilines is 1. The minimum atomic E-state index is -5.08. The minimum absolute atomic E-state index is 0.0670. The van der Waals surface area contributed by atoms with Gasteiger partial charge < -0.3 is 26.0 Å². The third-order valence-electron chi connectivity index (χ3n) is 9.61. The van der Waals surface area contributed by atoms with Crippen molar-refractivity contribution < 1.29 is 37.5 Å². The number of benzene rings is 4. The van der Waals surface area contributed by atoms with Gasteiger partial charge in [-0.15, -0.1) is 0 Å². The Labute approximate surface area is 300 Å². The predicted molar refractivity (Wildman–Crippen MR) is 190 cm³/mol. The number of rotatable bonds is 9. The number of carbonyl (C=O) groups is 4. The van der Waals surface area contributed by atoms with Gasteiger partial charge in [0.2, 0.25) is 17.7 Å². The van der Waals surface area contributed by atoms with E-state index in [1.165, 1.54) is 0 Å². The first-order chi connectivity index (χ1) is 25.0. The lowest BCUT2D eigenvalue weighted by Crippen LogP contribution is -2.52. The summed E-state index contributed by atoms with van der Waals surface area (Å²) >= 11 is 0. The maximum atomic E-state index is 14.5. The van der Waals surface area contributed by atoms with E-state index in [2.05, 4.69) is 41.7 Å². The van der Waals surface area contributed by atoms with E-state index in [4.69, 9.17) is 15.6 Å². The second kappa shape index (κ2) is 16.7. The van der Waals surface area contributed by atoms with Crippen molar-refractivity contribution in [2.45, 2.75) is 62.3 Å². The summed E-state index contributed by atoms with van der Waals surface area (Å²) in [4.78, 5) is 54.3. The van der Waals surface area contributed by atoms with Gasteiger partial charge in [0.1, 0.15) is 12.1 Å². The molecule has 0 saturated carbocycles. The highest BCUT2D eigenvalue weighted by Gasteiger charge is 2.45. The molecule has 2 atom stereocenters. The molecule has 4 N–H and O–H groups in total. The zero-order chi connectivity index (χ0) is 37.3. The second-order valence-corrected chi connectivity index (χ2v) is 12.8. The van der Waals surface area contributed by atoms with E-state index < -0.39 is 29.6 Å². The van der Waals surface area contributed by atoms with E-state index in [0.29, 0.717) is 38.2 Å². The van der Waals surface area contributed by atoms with Crippen LogP contribution in [0.3, 0.4) is 0 Å². The van der Waals surface area contributed by atoms with Crippen LogP contribution in [0.4, 0.5) is 18.9 Å². The number of amides is 3. The molecule has 2 aliphatic rings. The molecule has 52 heavy (non-hydrogen) atoms. The molecule has 0 spiro atoms. The van der Waals surface area contributed by atoms with E-state index in [9.17, 15) is 27.6 Å². The average Bonchev–Trinajstić information content (AvgIpc) is 3.86. The standard InChI is InChI=1S/C38H40N4O3.C2HF3O2/c39-27-28-20-22-32(23-21-28)40-36(44)33-18-10-25-42(33)37(45)34-19-11-24-41(34)35(43)26-38(29-12-4-1-5-13-29,30-14-6-2-7-15-30)31-16-8-3-9-17-31;3-2(4,5)1(6)7/h1-9,12-17,20-23,33-34H,10-11,18-19,24-27,39H2,(H,40,44);(H,6,7)/t33-,34+;/m1./s1. The van der Waals surface area contributed by atoms with Gasteiger partial charge in [0.05, 0.1) is 5.41 Å². The number of carboxylic acids is 1. The van der Waals surface area contributed by atoms with Crippen LogP contribution in [-0.2, 0) is 31.1 Å². The molecule has 0 radical (unpaired) electrons. The molecule has 272 valence electrons. The van der Waals surface area contributed by atoms with Crippen LogP contribution in [-0.4, -0.2) is 69.9 Å². The monoisotopic (exact) mass is 714 g/mol. The van der Waals surface area contributed by atoms with Gasteiger partial charge in [-0.2, -0.15) is 13.2 Å². The first kappa shape index (κ1) is 37.8. The first-order valence-electron chi connectivity index (χ1n) is 17.1. The van der Waals surface area contributed by atoms with E-state index in [1.807, 2.05) is 78.9 Å². The van der Waals surface area contributed by atoms with Crippen molar-refractivity contribution in [2.75, 3.05) is 18.4 Å². The Hall–Kier alpha value is -5.49. The Morgan fingerprint density at radius 1 is 0.692 bits per heavy atom. The molecule has 4 aromatic carbocycles. The predicted octanol–water partition coefficient (Wildman–Crippen LogP) is 6.12. The topological polar surface area (TPSA) is 133 Å².